The summed E-state index contributed by atoms with van der Waals surface area (Å²) in [6.07, 6.45) is 6.31. The van der Waals surface area contributed by atoms with Crippen LogP contribution in [-0.4, -0.2) is 44.7 Å². The van der Waals surface area contributed by atoms with E-state index in [1.807, 2.05) is 0 Å². The van der Waals surface area contributed by atoms with Crippen LogP contribution in [0.1, 0.15) is 29.3 Å². The van der Waals surface area contributed by atoms with Crippen LogP contribution in [0.2, 0.25) is 0 Å². The molecule has 0 bridgehead atoms. The zero-order valence-corrected chi connectivity index (χ0v) is 17.9. The minimum Gasteiger partial charge on any atom is -0.344 e. The van der Waals surface area contributed by atoms with Crippen LogP contribution in [0.15, 0.2) is 36.9 Å². The van der Waals surface area contributed by atoms with Crippen LogP contribution in [0, 0.1) is 11.6 Å². The number of H-pyrrole nitrogens is 1. The molecular weight excluding hydrogens is 442 g/mol. The molecule has 0 aliphatic carbocycles. The normalized spacial score (nSPS) is 11.8. The number of anilines is 1. The average molecular weight is 460 g/mol. The van der Waals surface area contributed by atoms with Gasteiger partial charge in [0.25, 0.3) is 0 Å². The fourth-order valence-electron chi connectivity index (χ4n) is 3.22. The Kier molecular flexibility index (Phi) is 5.46. The molecule has 0 fully saturated rings. The molecule has 2 N–H and O–H groups in total. The third-order valence-electron chi connectivity index (χ3n) is 4.68. The van der Waals surface area contributed by atoms with Crippen molar-refractivity contribution >= 4 is 32.7 Å². The molecule has 0 saturated heterocycles. The van der Waals surface area contributed by atoms with Crippen molar-refractivity contribution in [3.05, 3.63) is 59.7 Å². The average Bonchev–Trinajstić information content (AvgIpc) is 3.35. The van der Waals surface area contributed by atoms with Crippen molar-refractivity contribution in [1.29, 1.82) is 0 Å². The lowest BCUT2D eigenvalue weighted by Crippen LogP contribution is -2.18. The lowest BCUT2D eigenvalue weighted by Gasteiger charge is -2.11. The molecule has 166 valence electrons. The third kappa shape index (κ3) is 3.96. The second-order valence-corrected chi connectivity index (χ2v) is 8.93. The number of halogens is 2. The number of carbonyl (C=O) groups excluding carboxylic acids is 1. The predicted molar refractivity (Wildman–Crippen MR) is 114 cm³/mol. The molecule has 0 saturated carbocycles. The Bertz CT molecular complexity index is 1450. The van der Waals surface area contributed by atoms with E-state index in [2.05, 4.69) is 24.8 Å². The van der Waals surface area contributed by atoms with Gasteiger partial charge in [-0.15, -0.1) is 0 Å². The first-order chi connectivity index (χ1) is 15.2. The van der Waals surface area contributed by atoms with E-state index in [4.69, 9.17) is 0 Å². The van der Waals surface area contributed by atoms with Gasteiger partial charge in [-0.25, -0.2) is 27.2 Å². The molecule has 0 amide bonds. The number of hydrogen-bond acceptors (Lipinski definition) is 6. The van der Waals surface area contributed by atoms with Crippen molar-refractivity contribution in [2.75, 3.05) is 10.5 Å². The summed E-state index contributed by atoms with van der Waals surface area (Å²) in [4.78, 5) is 24.5. The first-order valence-corrected chi connectivity index (χ1v) is 11.2. The van der Waals surface area contributed by atoms with Gasteiger partial charge >= 0.3 is 0 Å². The van der Waals surface area contributed by atoms with Gasteiger partial charge in [0.15, 0.2) is 11.5 Å². The number of aromatic amines is 1. The number of nitrogens with zero attached hydrogens (tertiary/aromatic N) is 4. The van der Waals surface area contributed by atoms with Gasteiger partial charge in [-0.3, -0.25) is 14.2 Å². The summed E-state index contributed by atoms with van der Waals surface area (Å²) in [5, 5.41) is 4.06. The fraction of sp³-hybridized carbons (Fsp3) is 0.200. The number of aryl methyl sites for hydroxylation is 1. The molecule has 32 heavy (non-hydrogen) atoms. The molecule has 1 aromatic carbocycles. The summed E-state index contributed by atoms with van der Waals surface area (Å²) in [7, 11) is -2.12. The number of ketones is 1. The van der Waals surface area contributed by atoms with E-state index in [1.165, 1.54) is 12.4 Å². The maximum atomic E-state index is 15.0. The number of sulfonamides is 1. The number of aromatic nitrogens is 5. The SMILES string of the molecule is CCCS(=O)(=O)Nc1ccc(F)c(C(=O)c2c[nH]c3ncc(-c4cnn(C)c4)nc23)c1F. The van der Waals surface area contributed by atoms with Gasteiger partial charge in [-0.05, 0) is 18.6 Å². The molecule has 12 heteroatoms. The van der Waals surface area contributed by atoms with Crippen molar-refractivity contribution in [1.82, 2.24) is 24.7 Å². The van der Waals surface area contributed by atoms with Gasteiger partial charge in [0.1, 0.15) is 11.3 Å². The van der Waals surface area contributed by atoms with Crippen LogP contribution in [0.3, 0.4) is 0 Å². The standard InChI is InChI=1S/C20H18F2N6O3S/c1-3-6-32(30,31)27-14-5-4-13(21)16(17(14)22)19(29)12-8-23-20-18(12)26-15(9-24-20)11-7-25-28(2)10-11/h4-5,7-10,27H,3,6H2,1-2H3,(H,23,24). The highest BCUT2D eigenvalue weighted by Crippen LogP contribution is 2.28. The molecule has 0 atom stereocenters. The monoisotopic (exact) mass is 460 g/mol. The Morgan fingerprint density at radius 1 is 1.25 bits per heavy atom. The Morgan fingerprint density at radius 3 is 2.72 bits per heavy atom. The van der Waals surface area contributed by atoms with Crippen molar-refractivity contribution < 1.29 is 22.0 Å². The highest BCUT2D eigenvalue weighted by molar-refractivity contribution is 7.92. The van der Waals surface area contributed by atoms with E-state index in [9.17, 15) is 17.6 Å². The first-order valence-electron chi connectivity index (χ1n) is 9.56. The van der Waals surface area contributed by atoms with Gasteiger partial charge in [-0.1, -0.05) is 6.92 Å². The quantitative estimate of drug-likeness (QED) is 0.409. The minimum absolute atomic E-state index is 0.107. The second-order valence-electron chi connectivity index (χ2n) is 7.09. The maximum Gasteiger partial charge on any atom is 0.232 e. The topological polar surface area (TPSA) is 123 Å². The Balaban J connectivity index is 1.78. The van der Waals surface area contributed by atoms with Gasteiger partial charge in [0.05, 0.1) is 40.7 Å². The molecule has 4 rings (SSSR count). The van der Waals surface area contributed by atoms with Gasteiger partial charge in [0.2, 0.25) is 15.8 Å². The smallest absolute Gasteiger partial charge is 0.232 e. The molecule has 0 aliphatic heterocycles. The summed E-state index contributed by atoms with van der Waals surface area (Å²) < 4.78 is 57.2. The number of benzene rings is 1. The van der Waals surface area contributed by atoms with Crippen LogP contribution in [0.4, 0.5) is 14.5 Å². The number of hydrogen-bond donors (Lipinski definition) is 2. The third-order valence-corrected chi connectivity index (χ3v) is 6.16. The van der Waals surface area contributed by atoms with E-state index < -0.39 is 38.7 Å². The first kappa shape index (κ1) is 21.6. The molecule has 0 radical (unpaired) electrons. The van der Waals surface area contributed by atoms with E-state index >= 15 is 4.39 Å². The van der Waals surface area contributed by atoms with Crippen molar-refractivity contribution in [3.63, 3.8) is 0 Å². The lowest BCUT2D eigenvalue weighted by molar-refractivity contribution is 0.103. The Morgan fingerprint density at radius 2 is 2.03 bits per heavy atom. The van der Waals surface area contributed by atoms with Crippen LogP contribution in [0.25, 0.3) is 22.4 Å². The maximum absolute atomic E-state index is 15.0. The van der Waals surface area contributed by atoms with Crippen LogP contribution >= 0.6 is 0 Å². The van der Waals surface area contributed by atoms with E-state index in [-0.39, 0.29) is 22.5 Å². The number of fused-ring (bicyclic) bond motifs is 1. The minimum atomic E-state index is -3.85. The van der Waals surface area contributed by atoms with Gasteiger partial charge in [-0.2, -0.15) is 5.10 Å². The molecular formula is C20H18F2N6O3S. The molecule has 0 spiro atoms. The zero-order chi connectivity index (χ0) is 23.0. The lowest BCUT2D eigenvalue weighted by atomic mass is 10.0. The van der Waals surface area contributed by atoms with E-state index in [0.717, 1.165) is 12.1 Å². The molecule has 4 aromatic rings. The Labute approximate surface area is 181 Å². The van der Waals surface area contributed by atoms with Gasteiger partial charge < -0.3 is 4.98 Å². The summed E-state index contributed by atoms with van der Waals surface area (Å²) in [5.41, 5.74) is -0.0767. The summed E-state index contributed by atoms with van der Waals surface area (Å²) in [6.45, 7) is 1.65. The number of rotatable bonds is 7. The van der Waals surface area contributed by atoms with Gasteiger partial charge in [0, 0.05) is 25.0 Å². The van der Waals surface area contributed by atoms with Crippen LogP contribution in [-0.2, 0) is 17.1 Å². The molecule has 3 heterocycles. The molecule has 0 aliphatic rings. The van der Waals surface area contributed by atoms with Crippen LogP contribution in [0.5, 0.6) is 0 Å². The highest BCUT2D eigenvalue weighted by Gasteiger charge is 2.26. The van der Waals surface area contributed by atoms with E-state index in [1.54, 1.807) is 31.0 Å². The summed E-state index contributed by atoms with van der Waals surface area (Å²) in [6, 6.07) is 1.77. The van der Waals surface area contributed by atoms with Crippen molar-refractivity contribution in [2.45, 2.75) is 13.3 Å². The second kappa shape index (κ2) is 8.11. The van der Waals surface area contributed by atoms with Crippen LogP contribution < -0.4 is 4.72 Å². The highest BCUT2D eigenvalue weighted by atomic mass is 32.2. The summed E-state index contributed by atoms with van der Waals surface area (Å²) in [5.74, 6) is -3.68. The summed E-state index contributed by atoms with van der Waals surface area (Å²) >= 11 is 0. The Hall–Kier alpha value is -3.67. The molecule has 0 unspecified atom stereocenters. The van der Waals surface area contributed by atoms with Crippen molar-refractivity contribution in [2.24, 2.45) is 7.05 Å². The number of nitrogens with one attached hydrogen (secondary N) is 2. The largest absolute Gasteiger partial charge is 0.344 e. The van der Waals surface area contributed by atoms with E-state index in [0.29, 0.717) is 17.7 Å². The number of carbonyl (C=O) groups is 1. The fourth-order valence-corrected chi connectivity index (χ4v) is 4.35. The predicted octanol–water partition coefficient (Wildman–Crippen LogP) is 3.02. The molecule has 9 nitrogen and oxygen atoms in total. The molecule has 3 aromatic heterocycles. The zero-order valence-electron chi connectivity index (χ0n) is 17.1. The van der Waals surface area contributed by atoms with Crippen molar-refractivity contribution in [3.8, 4) is 11.3 Å².